The number of nitrogens with one attached hydrogen (secondary N) is 3. The Morgan fingerprint density at radius 2 is 1.86 bits per heavy atom. The number of carbonyl (C=O) groups is 2. The molecule has 1 aliphatic heterocycles. The number of hydrogen-bond donors (Lipinski definition) is 3. The molecule has 0 fully saturated rings. The van der Waals surface area contributed by atoms with Crippen molar-refractivity contribution < 1.29 is 14.3 Å². The summed E-state index contributed by atoms with van der Waals surface area (Å²) in [6.07, 6.45) is 0. The van der Waals surface area contributed by atoms with E-state index in [0.717, 1.165) is 5.69 Å². The van der Waals surface area contributed by atoms with Gasteiger partial charge in [0, 0.05) is 24.8 Å². The first-order valence-corrected chi connectivity index (χ1v) is 9.15. The Balaban J connectivity index is 1.39. The van der Waals surface area contributed by atoms with E-state index in [1.807, 2.05) is 30.3 Å². The first-order valence-electron chi connectivity index (χ1n) is 9.15. The van der Waals surface area contributed by atoms with E-state index < -0.39 is 12.1 Å². The fourth-order valence-corrected chi connectivity index (χ4v) is 3.02. The van der Waals surface area contributed by atoms with E-state index in [1.165, 1.54) is 4.90 Å². The van der Waals surface area contributed by atoms with E-state index in [-0.39, 0.29) is 0 Å². The predicted octanol–water partition coefficient (Wildman–Crippen LogP) is 4.45. The van der Waals surface area contributed by atoms with Gasteiger partial charge in [0.15, 0.2) is 0 Å². The number of amides is 4. The van der Waals surface area contributed by atoms with Crippen LogP contribution in [0.5, 0.6) is 11.5 Å². The van der Waals surface area contributed by atoms with Crippen LogP contribution in [0.3, 0.4) is 0 Å². The highest BCUT2D eigenvalue weighted by Crippen LogP contribution is 2.28. The van der Waals surface area contributed by atoms with Crippen LogP contribution >= 0.6 is 0 Å². The molecular weight excluding hydrogens is 368 g/mol. The lowest BCUT2D eigenvalue weighted by Crippen LogP contribution is -2.48. The molecule has 7 nitrogen and oxygen atoms in total. The second-order valence-corrected chi connectivity index (χ2v) is 6.35. The molecule has 0 saturated heterocycles. The summed E-state index contributed by atoms with van der Waals surface area (Å²) in [6.45, 7) is 1.05. The molecule has 0 atom stereocenters. The largest absolute Gasteiger partial charge is 0.457 e. The molecular formula is C22H19N4O3. The van der Waals surface area contributed by atoms with E-state index in [9.17, 15) is 9.59 Å². The molecule has 145 valence electrons. The number of ether oxygens (including phenoxy) is 1. The molecule has 0 aliphatic carbocycles. The van der Waals surface area contributed by atoms with Gasteiger partial charge in [0.2, 0.25) is 0 Å². The number of rotatable bonds is 3. The Bertz CT molecular complexity index is 1020. The highest BCUT2D eigenvalue weighted by Gasteiger charge is 2.23. The normalized spacial score (nSPS) is 12.3. The summed E-state index contributed by atoms with van der Waals surface area (Å²) in [4.78, 5) is 26.4. The van der Waals surface area contributed by atoms with Crippen molar-refractivity contribution in [1.82, 2.24) is 5.32 Å². The maximum atomic E-state index is 12.6. The zero-order valence-corrected chi connectivity index (χ0v) is 15.5. The summed E-state index contributed by atoms with van der Waals surface area (Å²) in [6, 6.07) is 23.4. The summed E-state index contributed by atoms with van der Waals surface area (Å²) < 4.78 is 5.76. The van der Waals surface area contributed by atoms with Crippen molar-refractivity contribution >= 4 is 29.1 Å². The number of para-hydroxylation sites is 1. The van der Waals surface area contributed by atoms with Crippen LogP contribution in [0.15, 0.2) is 72.8 Å². The van der Waals surface area contributed by atoms with Crippen LogP contribution in [0, 0.1) is 6.07 Å². The highest BCUT2D eigenvalue weighted by atomic mass is 16.5. The van der Waals surface area contributed by atoms with Crippen molar-refractivity contribution in [2.24, 2.45) is 0 Å². The lowest BCUT2D eigenvalue weighted by molar-refractivity contribution is 0.236. The number of hydrogen-bond acceptors (Lipinski definition) is 4. The third-order valence-electron chi connectivity index (χ3n) is 4.32. The Labute approximate surface area is 168 Å². The van der Waals surface area contributed by atoms with Crippen LogP contribution in [0.1, 0.15) is 0 Å². The van der Waals surface area contributed by atoms with Gasteiger partial charge in [-0.3, -0.25) is 10.2 Å². The van der Waals surface area contributed by atoms with Crippen LogP contribution in [0.4, 0.5) is 26.7 Å². The topological polar surface area (TPSA) is 82.7 Å². The van der Waals surface area contributed by atoms with Crippen molar-refractivity contribution in [1.29, 1.82) is 0 Å². The molecule has 0 bridgehead atoms. The molecule has 1 radical (unpaired) electrons. The van der Waals surface area contributed by atoms with Crippen molar-refractivity contribution in [2.45, 2.75) is 0 Å². The average Bonchev–Trinajstić information content (AvgIpc) is 2.74. The van der Waals surface area contributed by atoms with Gasteiger partial charge in [-0.25, -0.2) is 9.59 Å². The Morgan fingerprint density at radius 1 is 1.03 bits per heavy atom. The van der Waals surface area contributed by atoms with E-state index in [1.54, 1.807) is 42.5 Å². The van der Waals surface area contributed by atoms with Gasteiger partial charge in [0.1, 0.15) is 11.5 Å². The van der Waals surface area contributed by atoms with Gasteiger partial charge in [0.25, 0.3) is 0 Å². The first kappa shape index (κ1) is 18.4. The van der Waals surface area contributed by atoms with E-state index in [0.29, 0.717) is 36.0 Å². The predicted molar refractivity (Wildman–Crippen MR) is 112 cm³/mol. The van der Waals surface area contributed by atoms with Crippen LogP contribution in [-0.2, 0) is 0 Å². The third kappa shape index (κ3) is 4.47. The van der Waals surface area contributed by atoms with Crippen molar-refractivity contribution in [3.63, 3.8) is 0 Å². The average molecular weight is 387 g/mol. The van der Waals surface area contributed by atoms with Crippen LogP contribution in [0.2, 0.25) is 0 Å². The monoisotopic (exact) mass is 387 g/mol. The van der Waals surface area contributed by atoms with Crippen LogP contribution in [-0.4, -0.2) is 25.2 Å². The second-order valence-electron chi connectivity index (χ2n) is 6.35. The van der Waals surface area contributed by atoms with Gasteiger partial charge in [-0.15, -0.1) is 0 Å². The van der Waals surface area contributed by atoms with E-state index >= 15 is 0 Å². The molecule has 0 saturated carbocycles. The minimum Gasteiger partial charge on any atom is -0.457 e. The fraction of sp³-hybridized carbons (Fsp3) is 0.0909. The fourth-order valence-electron chi connectivity index (χ4n) is 3.02. The van der Waals surface area contributed by atoms with Gasteiger partial charge in [-0.05, 0) is 42.5 Å². The number of nitrogens with zero attached hydrogens (tertiary/aromatic N) is 1. The van der Waals surface area contributed by atoms with Crippen molar-refractivity contribution in [3.05, 3.63) is 78.9 Å². The molecule has 7 heteroatoms. The van der Waals surface area contributed by atoms with Crippen molar-refractivity contribution in [2.75, 3.05) is 28.6 Å². The van der Waals surface area contributed by atoms with Gasteiger partial charge >= 0.3 is 12.1 Å². The molecule has 0 spiro atoms. The maximum Gasteiger partial charge on any atom is 0.330 e. The van der Waals surface area contributed by atoms with Gasteiger partial charge in [-0.1, -0.05) is 30.3 Å². The summed E-state index contributed by atoms with van der Waals surface area (Å²) in [5, 5.41) is 8.23. The standard InChI is InChI=1S/C22H19N4O3/c27-21(25-22(28)26-14-13-23-19-11-4-5-12-20(19)26)24-16-7-6-10-18(15-16)29-17-8-2-1-3-9-17/h1-3,5-12,15,23H,13-14H2,(H2,24,25,27,28). The number of benzene rings is 3. The highest BCUT2D eigenvalue weighted by molar-refractivity contribution is 6.07. The number of carbonyl (C=O) groups excluding carboxylic acids is 2. The van der Waals surface area contributed by atoms with Gasteiger partial charge < -0.3 is 15.4 Å². The summed E-state index contributed by atoms with van der Waals surface area (Å²) >= 11 is 0. The zero-order valence-electron chi connectivity index (χ0n) is 15.5. The first-order chi connectivity index (χ1) is 14.2. The van der Waals surface area contributed by atoms with Gasteiger partial charge in [0.05, 0.1) is 11.4 Å². The molecule has 3 N–H and O–H groups in total. The molecule has 3 aromatic carbocycles. The smallest absolute Gasteiger partial charge is 0.330 e. The van der Waals surface area contributed by atoms with E-state index in [2.05, 4.69) is 22.0 Å². The number of fused-ring (bicyclic) bond motifs is 1. The SMILES string of the molecule is O=C(NC(=O)N1CCNc2c[c]ccc21)Nc1cccc(Oc2ccccc2)c1. The molecule has 4 amide bonds. The maximum absolute atomic E-state index is 12.6. The minimum atomic E-state index is -0.616. The van der Waals surface area contributed by atoms with Crippen LogP contribution in [0.25, 0.3) is 0 Å². The molecule has 4 rings (SSSR count). The van der Waals surface area contributed by atoms with Crippen LogP contribution < -0.4 is 25.6 Å². The Morgan fingerprint density at radius 3 is 2.72 bits per heavy atom. The van der Waals surface area contributed by atoms with E-state index in [4.69, 9.17) is 4.74 Å². The minimum absolute atomic E-state index is 0.455. The quantitative estimate of drug-likeness (QED) is 0.620. The molecule has 3 aromatic rings. The number of imide groups is 1. The zero-order chi connectivity index (χ0) is 20.1. The molecule has 29 heavy (non-hydrogen) atoms. The lowest BCUT2D eigenvalue weighted by Gasteiger charge is -2.29. The lowest BCUT2D eigenvalue weighted by atomic mass is 10.2. The Hall–Kier alpha value is -4.00. The molecule has 1 aliphatic rings. The number of urea groups is 2. The van der Waals surface area contributed by atoms with Gasteiger partial charge in [-0.2, -0.15) is 0 Å². The number of anilines is 3. The molecule has 1 heterocycles. The van der Waals surface area contributed by atoms with Crippen molar-refractivity contribution in [3.8, 4) is 11.5 Å². The summed E-state index contributed by atoms with van der Waals surface area (Å²) in [5.41, 5.74) is 2.03. The Kier molecular flexibility index (Phi) is 5.29. The summed E-state index contributed by atoms with van der Waals surface area (Å²) in [5.74, 6) is 1.27. The summed E-state index contributed by atoms with van der Waals surface area (Å²) in [7, 11) is 0. The second kappa shape index (κ2) is 8.35. The third-order valence-corrected chi connectivity index (χ3v) is 4.32. The molecule has 0 aromatic heterocycles. The molecule has 0 unspecified atom stereocenters.